The van der Waals surface area contributed by atoms with Crippen LogP contribution in [0.15, 0.2) is 22.7 Å². The number of nitrogen functional groups attached to an aromatic ring is 1. The summed E-state index contributed by atoms with van der Waals surface area (Å²) in [5.74, 6) is 0.304. The molecule has 6 heteroatoms. The Labute approximate surface area is 104 Å². The lowest BCUT2D eigenvalue weighted by atomic mass is 10.2. The summed E-state index contributed by atoms with van der Waals surface area (Å²) in [6, 6.07) is 4.42. The summed E-state index contributed by atoms with van der Waals surface area (Å²) in [4.78, 5) is 6.18. The molecule has 0 saturated heterocycles. The second-order valence-electron chi connectivity index (χ2n) is 3.81. The van der Waals surface area contributed by atoms with Crippen molar-refractivity contribution in [2.24, 2.45) is 0 Å². The summed E-state index contributed by atoms with van der Waals surface area (Å²) in [5, 5.41) is 3.87. The van der Waals surface area contributed by atoms with Gasteiger partial charge < -0.3 is 15.2 Å². The molecule has 2 N–H and O–H groups in total. The molecule has 1 aromatic carbocycles. The van der Waals surface area contributed by atoms with Gasteiger partial charge in [-0.3, -0.25) is 0 Å². The second kappa shape index (κ2) is 5.03. The van der Waals surface area contributed by atoms with Crippen LogP contribution in [-0.2, 0) is 0 Å². The smallest absolute Gasteiger partial charge is 0.266 e. The van der Waals surface area contributed by atoms with E-state index in [9.17, 15) is 4.39 Å². The highest BCUT2D eigenvalue weighted by atomic mass is 19.1. The molecule has 0 amide bonds. The van der Waals surface area contributed by atoms with Gasteiger partial charge in [-0.1, -0.05) is 0 Å². The zero-order valence-electron chi connectivity index (χ0n) is 10.4. The van der Waals surface area contributed by atoms with Crippen molar-refractivity contribution in [2.75, 3.05) is 23.7 Å². The Morgan fingerprint density at radius 3 is 2.67 bits per heavy atom. The molecular formula is C12H15FN4O. The molecule has 1 aromatic heterocycles. The summed E-state index contributed by atoms with van der Waals surface area (Å²) < 4.78 is 18.5. The fraction of sp³-hybridized carbons (Fsp3) is 0.333. The van der Waals surface area contributed by atoms with Crippen LogP contribution < -0.4 is 10.6 Å². The van der Waals surface area contributed by atoms with Gasteiger partial charge in [0.25, 0.3) is 11.8 Å². The van der Waals surface area contributed by atoms with Gasteiger partial charge in [-0.05, 0) is 37.2 Å². The van der Waals surface area contributed by atoms with Gasteiger partial charge in [-0.2, -0.15) is 4.98 Å². The molecule has 0 bridgehead atoms. The van der Waals surface area contributed by atoms with Crippen LogP contribution in [0.1, 0.15) is 13.8 Å². The van der Waals surface area contributed by atoms with Crippen LogP contribution in [-0.4, -0.2) is 23.2 Å². The molecule has 0 fully saturated rings. The summed E-state index contributed by atoms with van der Waals surface area (Å²) in [7, 11) is 0. The van der Waals surface area contributed by atoms with Gasteiger partial charge in [0.1, 0.15) is 5.82 Å². The number of aromatic nitrogens is 2. The largest absolute Gasteiger partial charge is 0.396 e. The highest BCUT2D eigenvalue weighted by Gasteiger charge is 2.13. The fourth-order valence-corrected chi connectivity index (χ4v) is 1.63. The summed E-state index contributed by atoms with van der Waals surface area (Å²) in [6.45, 7) is 5.57. The Bertz CT molecular complexity index is 537. The Balaban J connectivity index is 2.31. The van der Waals surface area contributed by atoms with Crippen molar-refractivity contribution in [1.82, 2.24) is 10.1 Å². The molecule has 1 heterocycles. The maximum absolute atomic E-state index is 13.3. The number of nitrogens with zero attached hydrogens (tertiary/aromatic N) is 3. The van der Waals surface area contributed by atoms with Crippen LogP contribution in [0, 0.1) is 5.82 Å². The molecule has 0 unspecified atom stereocenters. The molecule has 96 valence electrons. The fourth-order valence-electron chi connectivity index (χ4n) is 1.63. The molecular weight excluding hydrogens is 235 g/mol. The maximum atomic E-state index is 13.3. The van der Waals surface area contributed by atoms with Crippen molar-refractivity contribution < 1.29 is 8.91 Å². The number of halogens is 1. The average Bonchev–Trinajstić information content (AvgIpc) is 2.84. The van der Waals surface area contributed by atoms with Crippen LogP contribution in [0.5, 0.6) is 0 Å². The van der Waals surface area contributed by atoms with Crippen molar-refractivity contribution in [3.63, 3.8) is 0 Å². The lowest BCUT2D eigenvalue weighted by molar-refractivity contribution is 0.429. The number of anilines is 2. The quantitative estimate of drug-likeness (QED) is 0.843. The van der Waals surface area contributed by atoms with E-state index in [4.69, 9.17) is 10.3 Å². The monoisotopic (exact) mass is 250 g/mol. The lowest BCUT2D eigenvalue weighted by Crippen LogP contribution is -2.22. The molecule has 0 aliphatic rings. The van der Waals surface area contributed by atoms with Crippen LogP contribution in [0.2, 0.25) is 0 Å². The van der Waals surface area contributed by atoms with Gasteiger partial charge in [0.2, 0.25) is 0 Å². The van der Waals surface area contributed by atoms with Gasteiger partial charge in [0.15, 0.2) is 0 Å². The highest BCUT2D eigenvalue weighted by molar-refractivity contribution is 5.58. The molecule has 0 aliphatic heterocycles. The van der Waals surface area contributed by atoms with Gasteiger partial charge in [0.05, 0.1) is 5.69 Å². The first kappa shape index (κ1) is 12.3. The Hall–Kier alpha value is -2.11. The number of benzene rings is 1. The Morgan fingerprint density at radius 1 is 1.33 bits per heavy atom. The van der Waals surface area contributed by atoms with Crippen LogP contribution in [0.3, 0.4) is 0 Å². The van der Waals surface area contributed by atoms with Gasteiger partial charge in [-0.25, -0.2) is 4.39 Å². The van der Waals surface area contributed by atoms with Crippen LogP contribution in [0.25, 0.3) is 11.5 Å². The summed E-state index contributed by atoms with van der Waals surface area (Å²) >= 11 is 0. The molecule has 2 rings (SSSR count). The molecule has 18 heavy (non-hydrogen) atoms. The minimum atomic E-state index is -0.491. The molecule has 0 atom stereocenters. The van der Waals surface area contributed by atoms with Gasteiger partial charge in [0, 0.05) is 18.7 Å². The van der Waals surface area contributed by atoms with Gasteiger partial charge in [-0.15, -0.1) is 0 Å². The molecule has 0 saturated carbocycles. The normalized spacial score (nSPS) is 10.6. The van der Waals surface area contributed by atoms with E-state index in [0.717, 1.165) is 13.1 Å². The van der Waals surface area contributed by atoms with E-state index in [1.165, 1.54) is 12.1 Å². The Kier molecular flexibility index (Phi) is 3.45. The number of hydrogen-bond acceptors (Lipinski definition) is 5. The summed E-state index contributed by atoms with van der Waals surface area (Å²) in [6.07, 6.45) is 0. The molecule has 0 aliphatic carbocycles. The van der Waals surface area contributed by atoms with E-state index in [1.54, 1.807) is 6.07 Å². The van der Waals surface area contributed by atoms with E-state index in [2.05, 4.69) is 10.1 Å². The van der Waals surface area contributed by atoms with E-state index in [1.807, 2.05) is 18.7 Å². The van der Waals surface area contributed by atoms with Crippen LogP contribution >= 0.6 is 0 Å². The van der Waals surface area contributed by atoms with Gasteiger partial charge >= 0.3 is 0 Å². The van der Waals surface area contributed by atoms with E-state index >= 15 is 0 Å². The average molecular weight is 250 g/mol. The number of rotatable bonds is 4. The number of nitrogens with two attached hydrogens (primary N) is 1. The number of hydrogen-bond donors (Lipinski definition) is 1. The minimum absolute atomic E-state index is 0.0993. The molecule has 0 spiro atoms. The first-order valence-corrected chi connectivity index (χ1v) is 5.79. The van der Waals surface area contributed by atoms with Crippen molar-refractivity contribution in [1.29, 1.82) is 0 Å². The van der Waals surface area contributed by atoms with Crippen molar-refractivity contribution >= 4 is 11.6 Å². The lowest BCUT2D eigenvalue weighted by Gasteiger charge is -2.14. The van der Waals surface area contributed by atoms with E-state index in [0.29, 0.717) is 11.5 Å². The van der Waals surface area contributed by atoms with Crippen LogP contribution in [0.4, 0.5) is 16.0 Å². The maximum Gasteiger partial charge on any atom is 0.266 e. The predicted octanol–water partition coefficient (Wildman–Crippen LogP) is 2.30. The standard InChI is InChI=1S/C12H15FN4O/c1-3-17(4-2)12-15-11(18-16-12)8-5-6-10(14)9(13)7-8/h5-7H,3-4,14H2,1-2H3. The highest BCUT2D eigenvalue weighted by Crippen LogP contribution is 2.23. The molecule has 2 aromatic rings. The zero-order chi connectivity index (χ0) is 13.1. The first-order chi connectivity index (χ1) is 8.65. The van der Waals surface area contributed by atoms with Crippen molar-refractivity contribution in [3.05, 3.63) is 24.0 Å². The summed E-state index contributed by atoms with van der Waals surface area (Å²) in [5.41, 5.74) is 6.03. The third-order valence-corrected chi connectivity index (χ3v) is 2.71. The van der Waals surface area contributed by atoms with E-state index < -0.39 is 5.82 Å². The third kappa shape index (κ3) is 2.27. The third-order valence-electron chi connectivity index (χ3n) is 2.71. The minimum Gasteiger partial charge on any atom is -0.396 e. The SMILES string of the molecule is CCN(CC)c1noc(-c2ccc(N)c(F)c2)n1. The van der Waals surface area contributed by atoms with Crippen molar-refractivity contribution in [3.8, 4) is 11.5 Å². The van der Waals surface area contributed by atoms with Crippen molar-refractivity contribution in [2.45, 2.75) is 13.8 Å². The second-order valence-corrected chi connectivity index (χ2v) is 3.81. The topological polar surface area (TPSA) is 68.2 Å². The molecule has 5 nitrogen and oxygen atoms in total. The predicted molar refractivity (Wildman–Crippen MR) is 67.7 cm³/mol. The first-order valence-electron chi connectivity index (χ1n) is 5.79. The Morgan fingerprint density at radius 2 is 2.06 bits per heavy atom. The molecule has 0 radical (unpaired) electrons. The van der Waals surface area contributed by atoms with E-state index in [-0.39, 0.29) is 11.6 Å². The zero-order valence-corrected chi connectivity index (χ0v) is 10.4.